The lowest BCUT2D eigenvalue weighted by molar-refractivity contribution is -0.133. The van der Waals surface area contributed by atoms with Gasteiger partial charge in [0.05, 0.1) is 22.3 Å². The number of benzene rings is 1. The molecule has 1 N–H and O–H groups in total. The Hall–Kier alpha value is -2.84. The number of urea groups is 1. The first-order valence-corrected chi connectivity index (χ1v) is 11.0. The van der Waals surface area contributed by atoms with Crippen LogP contribution in [-0.4, -0.2) is 50.3 Å². The normalized spacial score (nSPS) is 20.1. The number of aromatic nitrogens is 2. The van der Waals surface area contributed by atoms with Crippen molar-refractivity contribution in [2.45, 2.75) is 37.9 Å². The number of nitrogens with one attached hydrogen (secondary N) is 1. The van der Waals surface area contributed by atoms with Crippen LogP contribution in [-0.2, 0) is 11.3 Å². The Kier molecular flexibility index (Phi) is 4.75. The van der Waals surface area contributed by atoms with Crippen LogP contribution in [0.4, 0.5) is 4.79 Å². The van der Waals surface area contributed by atoms with Crippen molar-refractivity contribution in [3.05, 3.63) is 59.4 Å². The first-order valence-electron chi connectivity index (χ1n) is 10.2. The van der Waals surface area contributed by atoms with Crippen molar-refractivity contribution in [1.82, 2.24) is 25.1 Å². The lowest BCUT2D eigenvalue weighted by Gasteiger charge is -2.40. The third-order valence-corrected chi connectivity index (χ3v) is 7.18. The predicted octanol–water partition coefficient (Wildman–Crippen LogP) is 3.34. The summed E-state index contributed by atoms with van der Waals surface area (Å²) in [4.78, 5) is 37.9. The van der Waals surface area contributed by atoms with E-state index >= 15 is 0 Å². The number of likely N-dealkylation sites (tertiary alicyclic amines) is 1. The molecule has 1 aromatic carbocycles. The molecule has 154 valence electrons. The molecule has 1 atom stereocenters. The Morgan fingerprint density at radius 3 is 2.70 bits per heavy atom. The SMILES string of the molecule is CC(c1ccc2scnc2c1)N1CCC2(CC1)NC(=O)N(Cc1ccncc1)C2=O. The molecule has 30 heavy (non-hydrogen) atoms. The van der Waals surface area contributed by atoms with E-state index in [1.54, 1.807) is 23.7 Å². The fourth-order valence-corrected chi connectivity index (χ4v) is 5.13. The number of pyridine rings is 1. The Morgan fingerprint density at radius 2 is 1.93 bits per heavy atom. The van der Waals surface area contributed by atoms with Crippen molar-refractivity contribution in [2.24, 2.45) is 0 Å². The van der Waals surface area contributed by atoms with E-state index in [0.717, 1.165) is 24.2 Å². The molecule has 2 saturated heterocycles. The van der Waals surface area contributed by atoms with Crippen LogP contribution in [0, 0.1) is 0 Å². The number of carbonyl (C=O) groups excluding carboxylic acids is 2. The highest BCUT2D eigenvalue weighted by molar-refractivity contribution is 7.16. The van der Waals surface area contributed by atoms with E-state index in [1.165, 1.54) is 15.2 Å². The predicted molar refractivity (Wildman–Crippen MR) is 115 cm³/mol. The summed E-state index contributed by atoms with van der Waals surface area (Å²) in [6.45, 7) is 3.98. The van der Waals surface area contributed by atoms with Gasteiger partial charge in [-0.3, -0.25) is 19.6 Å². The quantitative estimate of drug-likeness (QED) is 0.654. The maximum atomic E-state index is 13.2. The molecular formula is C22H23N5O2S. The van der Waals surface area contributed by atoms with Crippen LogP contribution in [0.2, 0.25) is 0 Å². The van der Waals surface area contributed by atoms with Gasteiger partial charge in [0.2, 0.25) is 0 Å². The zero-order chi connectivity index (χ0) is 20.7. The molecule has 2 fully saturated rings. The molecule has 0 radical (unpaired) electrons. The van der Waals surface area contributed by atoms with Gasteiger partial charge in [-0.1, -0.05) is 6.07 Å². The summed E-state index contributed by atoms with van der Waals surface area (Å²) in [6.07, 6.45) is 4.58. The molecule has 2 aliphatic heterocycles. The van der Waals surface area contributed by atoms with Crippen LogP contribution in [0.25, 0.3) is 10.2 Å². The van der Waals surface area contributed by atoms with Crippen molar-refractivity contribution >= 4 is 33.5 Å². The summed E-state index contributed by atoms with van der Waals surface area (Å²) in [7, 11) is 0. The number of piperidine rings is 1. The van der Waals surface area contributed by atoms with Gasteiger partial charge in [0.1, 0.15) is 5.54 Å². The van der Waals surface area contributed by atoms with Gasteiger partial charge in [-0.05, 0) is 55.2 Å². The standard InChI is InChI=1S/C22H23N5O2S/c1-15(17-2-3-19-18(12-17)24-14-30-19)26-10-6-22(7-11-26)20(28)27(21(29)25-22)13-16-4-8-23-9-5-16/h2-5,8-9,12,14-15H,6-7,10-11,13H2,1H3,(H,25,29). The fraction of sp³-hybridized carbons (Fsp3) is 0.364. The highest BCUT2D eigenvalue weighted by Gasteiger charge is 2.52. The van der Waals surface area contributed by atoms with Gasteiger partial charge in [0, 0.05) is 31.5 Å². The monoisotopic (exact) mass is 421 g/mol. The fourth-order valence-electron chi connectivity index (χ4n) is 4.47. The number of fused-ring (bicyclic) bond motifs is 1. The van der Waals surface area contributed by atoms with Gasteiger partial charge >= 0.3 is 6.03 Å². The summed E-state index contributed by atoms with van der Waals surface area (Å²) >= 11 is 1.65. The molecule has 2 aliphatic rings. The third kappa shape index (κ3) is 3.26. The molecule has 4 heterocycles. The molecule has 0 aliphatic carbocycles. The first kappa shape index (κ1) is 19.1. The van der Waals surface area contributed by atoms with E-state index in [-0.39, 0.29) is 24.5 Å². The highest BCUT2D eigenvalue weighted by atomic mass is 32.1. The molecule has 8 heteroatoms. The third-order valence-electron chi connectivity index (χ3n) is 6.37. The summed E-state index contributed by atoms with van der Waals surface area (Å²) in [5, 5.41) is 3.00. The maximum absolute atomic E-state index is 13.2. The molecule has 2 aromatic heterocycles. The van der Waals surface area contributed by atoms with Gasteiger partial charge in [-0.2, -0.15) is 0 Å². The van der Waals surface area contributed by atoms with Gasteiger partial charge in [-0.15, -0.1) is 11.3 Å². The number of imide groups is 1. The van der Waals surface area contributed by atoms with E-state index in [2.05, 4.69) is 45.3 Å². The molecule has 3 amide bonds. The van der Waals surface area contributed by atoms with Crippen LogP contribution < -0.4 is 5.32 Å². The van der Waals surface area contributed by atoms with Gasteiger partial charge in [-0.25, -0.2) is 9.78 Å². The number of carbonyl (C=O) groups is 2. The van der Waals surface area contributed by atoms with E-state index in [1.807, 2.05) is 17.6 Å². The largest absolute Gasteiger partial charge is 0.325 e. The summed E-state index contributed by atoms with van der Waals surface area (Å²) in [5.41, 5.74) is 4.25. The Bertz CT molecular complexity index is 1090. The topological polar surface area (TPSA) is 78.4 Å². The second-order valence-corrected chi connectivity index (χ2v) is 8.94. The molecule has 1 spiro atoms. The van der Waals surface area contributed by atoms with E-state index < -0.39 is 5.54 Å². The van der Waals surface area contributed by atoms with Crippen molar-refractivity contribution in [1.29, 1.82) is 0 Å². The minimum absolute atomic E-state index is 0.111. The van der Waals surface area contributed by atoms with Crippen LogP contribution in [0.15, 0.2) is 48.2 Å². The number of nitrogens with zero attached hydrogens (tertiary/aromatic N) is 4. The summed E-state index contributed by atoms with van der Waals surface area (Å²) < 4.78 is 1.19. The minimum Gasteiger partial charge on any atom is -0.323 e. The number of amides is 3. The Morgan fingerprint density at radius 1 is 1.17 bits per heavy atom. The number of hydrogen-bond donors (Lipinski definition) is 1. The molecule has 0 bridgehead atoms. The smallest absolute Gasteiger partial charge is 0.323 e. The minimum atomic E-state index is -0.779. The summed E-state index contributed by atoms with van der Waals surface area (Å²) in [5.74, 6) is -0.111. The van der Waals surface area contributed by atoms with Gasteiger partial charge in [0.15, 0.2) is 0 Å². The van der Waals surface area contributed by atoms with E-state index in [0.29, 0.717) is 12.8 Å². The average molecular weight is 422 g/mol. The number of hydrogen-bond acceptors (Lipinski definition) is 6. The Labute approximate surface area is 178 Å². The van der Waals surface area contributed by atoms with Crippen molar-refractivity contribution in [2.75, 3.05) is 13.1 Å². The Balaban J connectivity index is 1.27. The van der Waals surface area contributed by atoms with Crippen LogP contribution in [0.3, 0.4) is 0 Å². The zero-order valence-electron chi connectivity index (χ0n) is 16.7. The van der Waals surface area contributed by atoms with E-state index in [4.69, 9.17) is 0 Å². The molecule has 0 saturated carbocycles. The van der Waals surface area contributed by atoms with Gasteiger partial charge < -0.3 is 5.32 Å². The highest BCUT2D eigenvalue weighted by Crippen LogP contribution is 2.34. The molecule has 1 unspecified atom stereocenters. The zero-order valence-corrected chi connectivity index (χ0v) is 17.6. The molecule has 7 nitrogen and oxygen atoms in total. The number of rotatable bonds is 4. The molecular weight excluding hydrogens is 398 g/mol. The average Bonchev–Trinajstić information content (AvgIpc) is 3.33. The van der Waals surface area contributed by atoms with Crippen molar-refractivity contribution < 1.29 is 9.59 Å². The summed E-state index contributed by atoms with van der Waals surface area (Å²) in [6, 6.07) is 10.0. The molecule has 5 rings (SSSR count). The van der Waals surface area contributed by atoms with Gasteiger partial charge in [0.25, 0.3) is 5.91 Å². The molecule has 3 aromatic rings. The second-order valence-electron chi connectivity index (χ2n) is 8.05. The number of thiazole rings is 1. The second kappa shape index (κ2) is 7.45. The van der Waals surface area contributed by atoms with Crippen LogP contribution in [0.5, 0.6) is 0 Å². The van der Waals surface area contributed by atoms with Crippen LogP contribution >= 0.6 is 11.3 Å². The lowest BCUT2D eigenvalue weighted by Crippen LogP contribution is -2.55. The lowest BCUT2D eigenvalue weighted by atomic mass is 9.86. The van der Waals surface area contributed by atoms with Crippen LogP contribution in [0.1, 0.15) is 36.9 Å². The maximum Gasteiger partial charge on any atom is 0.325 e. The first-order chi connectivity index (χ1) is 14.6. The van der Waals surface area contributed by atoms with Crippen molar-refractivity contribution in [3.63, 3.8) is 0 Å². The van der Waals surface area contributed by atoms with Crippen molar-refractivity contribution in [3.8, 4) is 0 Å². The van der Waals surface area contributed by atoms with E-state index in [9.17, 15) is 9.59 Å².